The predicted molar refractivity (Wildman–Crippen MR) is 46.9 cm³/mol. The lowest BCUT2D eigenvalue weighted by Crippen LogP contribution is -2.45. The normalized spacial score (nSPS) is 48.2. The van der Waals surface area contributed by atoms with E-state index in [4.69, 9.17) is 0 Å². The van der Waals surface area contributed by atoms with Gasteiger partial charge in [-0.15, -0.1) is 0 Å². The largest absolute Gasteiger partial charge is 0.393 e. The summed E-state index contributed by atoms with van der Waals surface area (Å²) < 4.78 is 0. The van der Waals surface area contributed by atoms with Crippen molar-refractivity contribution in [3.05, 3.63) is 0 Å². The molecule has 2 heterocycles. The van der Waals surface area contributed by atoms with Crippen LogP contribution in [0, 0.1) is 0 Å². The van der Waals surface area contributed by atoms with Crippen LogP contribution in [0.1, 0.15) is 38.5 Å². The van der Waals surface area contributed by atoms with Crippen molar-refractivity contribution < 1.29 is 5.11 Å². The molecule has 3 fully saturated rings. The molecule has 2 atom stereocenters. The van der Waals surface area contributed by atoms with E-state index in [2.05, 4.69) is 4.90 Å². The molecule has 0 aromatic heterocycles. The van der Waals surface area contributed by atoms with Crippen molar-refractivity contribution >= 4 is 0 Å². The Morgan fingerprint density at radius 1 is 0.833 bits per heavy atom. The zero-order chi connectivity index (χ0) is 8.13. The highest BCUT2D eigenvalue weighted by atomic mass is 16.3. The molecule has 0 aromatic carbocycles. The first-order valence-corrected chi connectivity index (χ1v) is 5.30. The van der Waals surface area contributed by atoms with Crippen LogP contribution >= 0.6 is 0 Å². The van der Waals surface area contributed by atoms with Crippen LogP contribution in [0.15, 0.2) is 0 Å². The molecule has 2 nitrogen and oxygen atoms in total. The number of aliphatic hydroxyl groups is 1. The maximum atomic E-state index is 9.58. The van der Waals surface area contributed by atoms with Gasteiger partial charge in [0.05, 0.1) is 6.10 Å². The Hall–Kier alpha value is -0.0800. The zero-order valence-electron chi connectivity index (χ0n) is 7.45. The first kappa shape index (κ1) is 7.34. The first-order chi connectivity index (χ1) is 5.84. The number of nitrogens with zero attached hydrogens (tertiary/aromatic N) is 1. The molecule has 12 heavy (non-hydrogen) atoms. The molecular formula is C10H17NO. The molecule has 68 valence electrons. The molecule has 2 aliphatic heterocycles. The fourth-order valence-corrected chi connectivity index (χ4v) is 3.15. The third-order valence-electron chi connectivity index (χ3n) is 3.73. The number of aliphatic hydroxyl groups excluding tert-OH is 1. The first-order valence-electron chi connectivity index (χ1n) is 5.30. The van der Waals surface area contributed by atoms with E-state index in [1.165, 1.54) is 25.7 Å². The summed E-state index contributed by atoms with van der Waals surface area (Å²) in [6.45, 7) is 0. The Kier molecular flexibility index (Phi) is 1.50. The minimum Gasteiger partial charge on any atom is -0.393 e. The van der Waals surface area contributed by atoms with Crippen molar-refractivity contribution in [3.8, 4) is 0 Å². The van der Waals surface area contributed by atoms with Crippen molar-refractivity contribution in [2.75, 3.05) is 0 Å². The Labute approximate surface area is 73.6 Å². The second-order valence-corrected chi connectivity index (χ2v) is 4.69. The fourth-order valence-electron chi connectivity index (χ4n) is 3.15. The molecule has 1 saturated carbocycles. The van der Waals surface area contributed by atoms with Gasteiger partial charge in [0.15, 0.2) is 0 Å². The summed E-state index contributed by atoms with van der Waals surface area (Å²) in [5.41, 5.74) is 0. The number of hydrogen-bond acceptors (Lipinski definition) is 2. The molecule has 1 N–H and O–H groups in total. The lowest BCUT2D eigenvalue weighted by molar-refractivity contribution is 0.0309. The van der Waals surface area contributed by atoms with Crippen LogP contribution in [0.2, 0.25) is 0 Å². The molecule has 3 rings (SSSR count). The van der Waals surface area contributed by atoms with E-state index in [1.54, 1.807) is 0 Å². The second kappa shape index (κ2) is 2.46. The quantitative estimate of drug-likeness (QED) is 0.633. The van der Waals surface area contributed by atoms with Gasteiger partial charge in [0.1, 0.15) is 0 Å². The molecule has 0 aromatic rings. The van der Waals surface area contributed by atoms with Gasteiger partial charge in [-0.05, 0) is 38.5 Å². The number of hydrogen-bond donors (Lipinski definition) is 1. The van der Waals surface area contributed by atoms with Crippen LogP contribution in [0.25, 0.3) is 0 Å². The average Bonchev–Trinajstić information content (AvgIpc) is 2.80. The van der Waals surface area contributed by atoms with Gasteiger partial charge < -0.3 is 5.11 Å². The van der Waals surface area contributed by atoms with Crippen molar-refractivity contribution in [1.29, 1.82) is 0 Å². The topological polar surface area (TPSA) is 23.5 Å². The SMILES string of the molecule is OC1C[C@@H]2CC[C@@H](C1)N2C1CC1. The van der Waals surface area contributed by atoms with Gasteiger partial charge in [0.2, 0.25) is 0 Å². The predicted octanol–water partition coefficient (Wildman–Crippen LogP) is 1.14. The maximum Gasteiger partial charge on any atom is 0.0570 e. The molecule has 0 amide bonds. The van der Waals surface area contributed by atoms with E-state index < -0.39 is 0 Å². The molecular weight excluding hydrogens is 150 g/mol. The van der Waals surface area contributed by atoms with E-state index in [1.807, 2.05) is 0 Å². The molecule has 3 aliphatic rings. The Balaban J connectivity index is 1.78. The summed E-state index contributed by atoms with van der Waals surface area (Å²) in [6.07, 6.45) is 7.64. The minimum absolute atomic E-state index is 0.0116. The van der Waals surface area contributed by atoms with E-state index >= 15 is 0 Å². The van der Waals surface area contributed by atoms with Gasteiger partial charge in [0.25, 0.3) is 0 Å². The van der Waals surface area contributed by atoms with Crippen LogP contribution < -0.4 is 0 Å². The second-order valence-electron chi connectivity index (χ2n) is 4.69. The Morgan fingerprint density at radius 3 is 1.83 bits per heavy atom. The van der Waals surface area contributed by atoms with Crippen LogP contribution in [-0.2, 0) is 0 Å². The smallest absolute Gasteiger partial charge is 0.0570 e. The lowest BCUT2D eigenvalue weighted by Gasteiger charge is -2.37. The van der Waals surface area contributed by atoms with Crippen molar-refractivity contribution in [3.63, 3.8) is 0 Å². The highest BCUT2D eigenvalue weighted by molar-refractivity contribution is 5.01. The van der Waals surface area contributed by atoms with E-state index in [0.29, 0.717) is 0 Å². The Bertz CT molecular complexity index is 176. The van der Waals surface area contributed by atoms with Crippen LogP contribution in [-0.4, -0.2) is 34.2 Å². The molecule has 0 radical (unpaired) electrons. The molecule has 2 bridgehead atoms. The van der Waals surface area contributed by atoms with Crippen molar-refractivity contribution in [2.24, 2.45) is 0 Å². The van der Waals surface area contributed by atoms with E-state index in [9.17, 15) is 5.11 Å². The standard InChI is InChI=1S/C10H17NO/c12-10-5-8-3-4-9(6-10)11(8)7-1-2-7/h7-10,12H,1-6H2/t8-,9-/m0/s1. The van der Waals surface area contributed by atoms with Gasteiger partial charge >= 0.3 is 0 Å². The summed E-state index contributed by atoms with van der Waals surface area (Å²) in [7, 11) is 0. The number of rotatable bonds is 1. The van der Waals surface area contributed by atoms with Gasteiger partial charge in [-0.2, -0.15) is 0 Å². The third-order valence-corrected chi connectivity index (χ3v) is 3.73. The Morgan fingerprint density at radius 2 is 1.33 bits per heavy atom. The van der Waals surface area contributed by atoms with Crippen LogP contribution in [0.5, 0.6) is 0 Å². The van der Waals surface area contributed by atoms with Gasteiger partial charge in [0, 0.05) is 18.1 Å². The summed E-state index contributed by atoms with van der Waals surface area (Å²) in [6, 6.07) is 2.40. The van der Waals surface area contributed by atoms with Crippen LogP contribution in [0.4, 0.5) is 0 Å². The summed E-state index contributed by atoms with van der Waals surface area (Å²) in [5, 5.41) is 9.58. The lowest BCUT2D eigenvalue weighted by atomic mass is 10.00. The fraction of sp³-hybridized carbons (Fsp3) is 1.00. The van der Waals surface area contributed by atoms with Crippen molar-refractivity contribution in [2.45, 2.75) is 62.8 Å². The zero-order valence-corrected chi connectivity index (χ0v) is 7.45. The highest BCUT2D eigenvalue weighted by Gasteiger charge is 2.46. The van der Waals surface area contributed by atoms with Crippen molar-refractivity contribution in [1.82, 2.24) is 4.90 Å². The van der Waals surface area contributed by atoms with Crippen LogP contribution in [0.3, 0.4) is 0 Å². The minimum atomic E-state index is 0.0116. The third kappa shape index (κ3) is 1.01. The molecule has 2 heteroatoms. The molecule has 1 aliphatic carbocycles. The summed E-state index contributed by atoms with van der Waals surface area (Å²) in [4.78, 5) is 2.72. The number of piperidine rings is 1. The molecule has 2 saturated heterocycles. The summed E-state index contributed by atoms with van der Waals surface area (Å²) >= 11 is 0. The summed E-state index contributed by atoms with van der Waals surface area (Å²) in [5.74, 6) is 0. The monoisotopic (exact) mass is 167 g/mol. The van der Waals surface area contributed by atoms with Gasteiger partial charge in [-0.3, -0.25) is 4.90 Å². The van der Waals surface area contributed by atoms with Gasteiger partial charge in [-0.1, -0.05) is 0 Å². The van der Waals surface area contributed by atoms with Gasteiger partial charge in [-0.25, -0.2) is 0 Å². The molecule has 0 unspecified atom stereocenters. The average molecular weight is 167 g/mol. The van der Waals surface area contributed by atoms with E-state index in [0.717, 1.165) is 31.0 Å². The van der Waals surface area contributed by atoms with E-state index in [-0.39, 0.29) is 6.10 Å². The highest BCUT2D eigenvalue weighted by Crippen LogP contribution is 2.43. The molecule has 0 spiro atoms. The number of fused-ring (bicyclic) bond motifs is 2. The maximum absolute atomic E-state index is 9.58.